The quantitative estimate of drug-likeness (QED) is 0.809. The van der Waals surface area contributed by atoms with Gasteiger partial charge in [-0.25, -0.2) is 18.4 Å². The van der Waals surface area contributed by atoms with Crippen LogP contribution in [0.3, 0.4) is 0 Å². The third-order valence-electron chi connectivity index (χ3n) is 4.32. The second kappa shape index (κ2) is 7.89. The summed E-state index contributed by atoms with van der Waals surface area (Å²) in [6.45, 7) is 8.88. The molecule has 0 unspecified atom stereocenters. The number of sulfonamides is 1. The molecule has 7 nitrogen and oxygen atoms in total. The van der Waals surface area contributed by atoms with Crippen LogP contribution in [0.15, 0.2) is 22.4 Å². The number of piperazine rings is 1. The van der Waals surface area contributed by atoms with Crippen molar-refractivity contribution in [1.82, 2.24) is 14.3 Å². The molecule has 1 aliphatic heterocycles. The Morgan fingerprint density at radius 2 is 1.88 bits per heavy atom. The highest BCUT2D eigenvalue weighted by atomic mass is 32.2. The molecule has 1 aliphatic rings. The Morgan fingerprint density at radius 3 is 2.50 bits per heavy atom. The summed E-state index contributed by atoms with van der Waals surface area (Å²) in [6.07, 6.45) is 0.856. The van der Waals surface area contributed by atoms with Gasteiger partial charge in [-0.1, -0.05) is 6.92 Å². The van der Waals surface area contributed by atoms with Gasteiger partial charge in [0.1, 0.15) is 21.7 Å². The van der Waals surface area contributed by atoms with Crippen LogP contribution in [0.1, 0.15) is 24.5 Å². The van der Waals surface area contributed by atoms with Gasteiger partial charge >= 0.3 is 0 Å². The van der Waals surface area contributed by atoms with Crippen LogP contribution in [0, 0.1) is 6.92 Å². The van der Waals surface area contributed by atoms with Crippen LogP contribution in [-0.2, 0) is 16.4 Å². The number of nitrogens with zero attached hydrogens (tertiary/aromatic N) is 4. The molecule has 0 saturated carbocycles. The molecular formula is C17H25N5O2S2. The van der Waals surface area contributed by atoms with Crippen LogP contribution >= 0.6 is 11.3 Å². The average molecular weight is 396 g/mol. The molecule has 3 heterocycles. The topological polar surface area (TPSA) is 78.4 Å². The maximum absolute atomic E-state index is 12.8. The minimum absolute atomic E-state index is 0.440. The summed E-state index contributed by atoms with van der Waals surface area (Å²) in [5.41, 5.74) is 0. The van der Waals surface area contributed by atoms with E-state index in [1.54, 1.807) is 10.4 Å². The minimum Gasteiger partial charge on any atom is -0.370 e. The van der Waals surface area contributed by atoms with Crippen LogP contribution in [0.5, 0.6) is 0 Å². The molecule has 0 aliphatic carbocycles. The van der Waals surface area contributed by atoms with Gasteiger partial charge < -0.3 is 10.2 Å². The normalized spacial score (nSPS) is 16.0. The summed E-state index contributed by atoms with van der Waals surface area (Å²) in [5, 5.41) is 3.21. The van der Waals surface area contributed by atoms with E-state index in [1.165, 1.54) is 11.3 Å². The summed E-state index contributed by atoms with van der Waals surface area (Å²) < 4.78 is 27.7. The summed E-state index contributed by atoms with van der Waals surface area (Å²) in [7, 11) is -3.40. The van der Waals surface area contributed by atoms with E-state index in [0.717, 1.165) is 29.5 Å². The minimum atomic E-state index is -3.40. The predicted molar refractivity (Wildman–Crippen MR) is 106 cm³/mol. The number of aryl methyl sites for hydroxylation is 2. The number of aromatic nitrogens is 2. The Hall–Kier alpha value is -1.71. The highest BCUT2D eigenvalue weighted by Gasteiger charge is 2.30. The summed E-state index contributed by atoms with van der Waals surface area (Å²) in [4.78, 5) is 12.1. The van der Waals surface area contributed by atoms with Crippen molar-refractivity contribution in [3.63, 3.8) is 0 Å². The van der Waals surface area contributed by atoms with Gasteiger partial charge in [0.05, 0.1) is 0 Å². The molecule has 2 aromatic heterocycles. The van der Waals surface area contributed by atoms with Gasteiger partial charge in [-0.3, -0.25) is 0 Å². The molecule has 0 radical (unpaired) electrons. The van der Waals surface area contributed by atoms with Gasteiger partial charge in [-0.15, -0.1) is 11.3 Å². The Bertz CT molecular complexity index is 858. The van der Waals surface area contributed by atoms with Crippen molar-refractivity contribution in [2.24, 2.45) is 0 Å². The first-order chi connectivity index (χ1) is 12.4. The SMILES string of the molecule is CCNc1cc(N2CCN(S(=O)(=O)c3ccc(CC)s3)CC2)nc(C)n1. The van der Waals surface area contributed by atoms with Crippen molar-refractivity contribution in [3.05, 3.63) is 28.9 Å². The van der Waals surface area contributed by atoms with Crippen molar-refractivity contribution < 1.29 is 8.42 Å². The second-order valence-corrected chi connectivity index (χ2v) is 9.49. The molecule has 3 rings (SSSR count). The largest absolute Gasteiger partial charge is 0.370 e. The third kappa shape index (κ3) is 3.99. The number of nitrogens with one attached hydrogen (secondary N) is 1. The highest BCUT2D eigenvalue weighted by molar-refractivity contribution is 7.91. The van der Waals surface area contributed by atoms with Gasteiger partial charge in [0.2, 0.25) is 0 Å². The van der Waals surface area contributed by atoms with Crippen LogP contribution < -0.4 is 10.2 Å². The number of hydrogen-bond acceptors (Lipinski definition) is 7. The zero-order valence-corrected chi connectivity index (χ0v) is 17.0. The maximum Gasteiger partial charge on any atom is 0.252 e. The summed E-state index contributed by atoms with van der Waals surface area (Å²) >= 11 is 1.37. The van der Waals surface area contributed by atoms with Crippen LogP contribution in [0.25, 0.3) is 0 Å². The van der Waals surface area contributed by atoms with Crippen molar-refractivity contribution in [2.45, 2.75) is 31.4 Å². The van der Waals surface area contributed by atoms with Gasteiger partial charge in [-0.2, -0.15) is 4.31 Å². The number of rotatable bonds is 6. The van der Waals surface area contributed by atoms with Crippen LogP contribution in [-0.4, -0.2) is 55.4 Å². The Balaban J connectivity index is 1.71. The summed E-state index contributed by atoms with van der Waals surface area (Å²) in [5.74, 6) is 2.35. The van der Waals surface area contributed by atoms with Gasteiger partial charge in [0.25, 0.3) is 10.0 Å². The number of hydrogen-bond donors (Lipinski definition) is 1. The van der Waals surface area contributed by atoms with Crippen molar-refractivity contribution in [2.75, 3.05) is 42.9 Å². The lowest BCUT2D eigenvalue weighted by Gasteiger charge is -2.34. The Labute approximate surface area is 159 Å². The van der Waals surface area contributed by atoms with Crippen LogP contribution in [0.4, 0.5) is 11.6 Å². The molecule has 0 aromatic carbocycles. The van der Waals surface area contributed by atoms with E-state index < -0.39 is 10.0 Å². The van der Waals surface area contributed by atoms with E-state index in [1.807, 2.05) is 32.9 Å². The summed E-state index contributed by atoms with van der Waals surface area (Å²) in [6, 6.07) is 5.55. The van der Waals surface area contributed by atoms with Crippen molar-refractivity contribution >= 4 is 33.0 Å². The Morgan fingerprint density at radius 1 is 1.15 bits per heavy atom. The van der Waals surface area contributed by atoms with E-state index in [4.69, 9.17) is 0 Å². The fourth-order valence-corrected chi connectivity index (χ4v) is 5.83. The third-order valence-corrected chi connectivity index (χ3v) is 7.92. The fourth-order valence-electron chi connectivity index (χ4n) is 2.96. The standard InChI is InChI=1S/C17H25N5O2S2/c1-4-14-6-7-17(25-14)26(23,24)22-10-8-21(9-11-22)16-12-15(18-5-2)19-13(3)20-16/h6-7,12H,4-5,8-11H2,1-3H3,(H,18,19,20). The van der Waals surface area contributed by atoms with E-state index in [-0.39, 0.29) is 0 Å². The zero-order valence-electron chi connectivity index (χ0n) is 15.4. The van der Waals surface area contributed by atoms with Gasteiger partial charge in [0.15, 0.2) is 0 Å². The lowest BCUT2D eigenvalue weighted by molar-refractivity contribution is 0.384. The first kappa shape index (κ1) is 19.1. The van der Waals surface area contributed by atoms with Crippen molar-refractivity contribution in [3.8, 4) is 0 Å². The van der Waals surface area contributed by atoms with Crippen molar-refractivity contribution in [1.29, 1.82) is 0 Å². The van der Waals surface area contributed by atoms with E-state index >= 15 is 0 Å². The van der Waals surface area contributed by atoms with Gasteiger partial charge in [0, 0.05) is 43.7 Å². The molecule has 0 atom stereocenters. The van der Waals surface area contributed by atoms with E-state index in [9.17, 15) is 8.42 Å². The van der Waals surface area contributed by atoms with Gasteiger partial charge in [-0.05, 0) is 32.4 Å². The highest BCUT2D eigenvalue weighted by Crippen LogP contribution is 2.27. The van der Waals surface area contributed by atoms with E-state index in [2.05, 4.69) is 20.2 Å². The molecule has 26 heavy (non-hydrogen) atoms. The number of thiophene rings is 1. The Kier molecular flexibility index (Phi) is 5.79. The molecule has 0 bridgehead atoms. The molecule has 0 spiro atoms. The second-order valence-electron chi connectivity index (χ2n) is 6.15. The average Bonchev–Trinajstić information content (AvgIpc) is 3.12. The molecule has 2 aromatic rings. The van der Waals surface area contributed by atoms with Crippen LogP contribution in [0.2, 0.25) is 0 Å². The molecule has 0 amide bonds. The lowest BCUT2D eigenvalue weighted by Crippen LogP contribution is -2.48. The maximum atomic E-state index is 12.8. The molecule has 142 valence electrons. The monoisotopic (exact) mass is 395 g/mol. The van der Waals surface area contributed by atoms with E-state index in [0.29, 0.717) is 36.2 Å². The lowest BCUT2D eigenvalue weighted by atomic mass is 10.3. The first-order valence-corrected chi connectivity index (χ1v) is 11.1. The smallest absolute Gasteiger partial charge is 0.252 e. The molecule has 1 fully saturated rings. The molecule has 9 heteroatoms. The molecule has 1 N–H and O–H groups in total. The number of anilines is 2. The molecular weight excluding hydrogens is 370 g/mol. The zero-order chi connectivity index (χ0) is 18.7. The fraction of sp³-hybridized carbons (Fsp3) is 0.529. The molecule has 1 saturated heterocycles. The first-order valence-electron chi connectivity index (χ1n) is 8.87. The predicted octanol–water partition coefficient (Wildman–Crippen LogP) is 2.35.